The maximum Gasteiger partial charge on any atom is 0.414 e. The van der Waals surface area contributed by atoms with Crippen LogP contribution in [0.25, 0.3) is 0 Å². The summed E-state index contributed by atoms with van der Waals surface area (Å²) in [6.07, 6.45) is -0.520. The minimum atomic E-state index is -0.975. The van der Waals surface area contributed by atoms with E-state index in [2.05, 4.69) is 15.3 Å². The van der Waals surface area contributed by atoms with Crippen LogP contribution in [0, 0.1) is 25.2 Å². The van der Waals surface area contributed by atoms with Gasteiger partial charge in [-0.05, 0) is 68.3 Å². The first-order valence-electron chi connectivity index (χ1n) is 9.93. The number of carbonyl (C=O) groups excluding carboxylic acids is 3. The molecule has 2 amide bonds. The Morgan fingerprint density at radius 1 is 1.06 bits per heavy atom. The highest BCUT2D eigenvalue weighted by molar-refractivity contribution is 6.46. The van der Waals surface area contributed by atoms with Crippen molar-refractivity contribution in [1.29, 1.82) is 5.26 Å². The lowest BCUT2D eigenvalue weighted by Gasteiger charge is -2.14. The molecule has 0 unspecified atom stereocenters. The standard InChI is InChI=1S/C23H24N4O5/c1-5-20(28)16-7-9-18(10-8-16)32-21-14(3)11-17(12-15(21)4)26-27-19(13-24)22(29)25-23(30)31-6-2/h7-12,26H,5-6H2,1-4H3,(H,25,29,30)/b27-19+. The summed E-state index contributed by atoms with van der Waals surface area (Å²) in [7, 11) is 0. The number of amides is 2. The van der Waals surface area contributed by atoms with Gasteiger partial charge in [0, 0.05) is 12.0 Å². The van der Waals surface area contributed by atoms with E-state index in [1.807, 2.05) is 26.1 Å². The number of Topliss-reactive ketones (excluding diaryl/α,β-unsaturated/α-hetero) is 1. The van der Waals surface area contributed by atoms with Gasteiger partial charge in [0.05, 0.1) is 12.3 Å². The third kappa shape index (κ3) is 6.40. The molecule has 0 saturated heterocycles. The van der Waals surface area contributed by atoms with Crippen LogP contribution in [0.1, 0.15) is 41.8 Å². The van der Waals surface area contributed by atoms with Crippen LogP contribution in [-0.4, -0.2) is 30.1 Å². The SMILES string of the molecule is CCOC(=O)NC(=O)/C(C#N)=N/Nc1cc(C)c(Oc2ccc(C(=O)CC)cc2)c(C)c1. The largest absolute Gasteiger partial charge is 0.457 e. The van der Waals surface area contributed by atoms with Crippen LogP contribution in [0.15, 0.2) is 41.5 Å². The van der Waals surface area contributed by atoms with E-state index in [0.717, 1.165) is 11.1 Å². The molecule has 2 aromatic rings. The highest BCUT2D eigenvalue weighted by atomic mass is 16.5. The van der Waals surface area contributed by atoms with Crippen LogP contribution in [0.3, 0.4) is 0 Å². The van der Waals surface area contributed by atoms with Gasteiger partial charge < -0.3 is 9.47 Å². The molecule has 2 N–H and O–H groups in total. The molecule has 2 aromatic carbocycles. The highest BCUT2D eigenvalue weighted by Gasteiger charge is 2.16. The van der Waals surface area contributed by atoms with Gasteiger partial charge in [-0.25, -0.2) is 4.79 Å². The maximum atomic E-state index is 11.9. The third-order valence-corrected chi connectivity index (χ3v) is 4.29. The average molecular weight is 436 g/mol. The predicted octanol–water partition coefficient (Wildman–Crippen LogP) is 4.25. The van der Waals surface area contributed by atoms with Crippen LogP contribution in [0.4, 0.5) is 10.5 Å². The van der Waals surface area contributed by atoms with Crippen LogP contribution < -0.4 is 15.5 Å². The number of rotatable bonds is 8. The van der Waals surface area contributed by atoms with Crippen molar-refractivity contribution in [3.63, 3.8) is 0 Å². The molecule has 166 valence electrons. The second-order valence-electron chi connectivity index (χ2n) is 6.70. The number of ketones is 1. The van der Waals surface area contributed by atoms with Crippen molar-refractivity contribution >= 4 is 29.2 Å². The van der Waals surface area contributed by atoms with E-state index in [4.69, 9.17) is 10.00 Å². The number of imide groups is 1. The molecule has 0 fully saturated rings. The van der Waals surface area contributed by atoms with Gasteiger partial charge in [-0.2, -0.15) is 10.4 Å². The second-order valence-corrected chi connectivity index (χ2v) is 6.70. The lowest BCUT2D eigenvalue weighted by molar-refractivity contribution is -0.114. The Hall–Kier alpha value is -4.19. The number of alkyl carbamates (subject to hydrolysis) is 1. The molecule has 0 radical (unpaired) electrons. The summed E-state index contributed by atoms with van der Waals surface area (Å²) in [6.45, 7) is 7.16. The lowest BCUT2D eigenvalue weighted by atomic mass is 10.1. The van der Waals surface area contributed by atoms with Crippen LogP contribution in [0.5, 0.6) is 11.5 Å². The Kier molecular flexibility index (Phi) is 8.48. The van der Waals surface area contributed by atoms with E-state index in [9.17, 15) is 14.4 Å². The summed E-state index contributed by atoms with van der Waals surface area (Å²) >= 11 is 0. The zero-order valence-electron chi connectivity index (χ0n) is 18.3. The van der Waals surface area contributed by atoms with Gasteiger partial charge in [-0.1, -0.05) is 6.92 Å². The number of anilines is 1. The zero-order chi connectivity index (χ0) is 23.7. The fraction of sp³-hybridized carbons (Fsp3) is 0.261. The van der Waals surface area contributed by atoms with Crippen molar-refractivity contribution in [3.05, 3.63) is 53.1 Å². The van der Waals surface area contributed by atoms with E-state index in [1.54, 1.807) is 49.4 Å². The number of ether oxygens (including phenoxy) is 2. The fourth-order valence-electron chi connectivity index (χ4n) is 2.77. The number of carbonyl (C=O) groups is 3. The summed E-state index contributed by atoms with van der Waals surface area (Å²) in [4.78, 5) is 35.0. The number of nitriles is 1. The highest BCUT2D eigenvalue weighted by Crippen LogP contribution is 2.31. The monoisotopic (exact) mass is 436 g/mol. The van der Waals surface area contributed by atoms with E-state index in [0.29, 0.717) is 29.2 Å². The number of nitrogens with one attached hydrogen (secondary N) is 2. The number of benzene rings is 2. The molecule has 0 aliphatic rings. The van der Waals surface area contributed by atoms with E-state index < -0.39 is 17.7 Å². The Labute approximate surface area is 186 Å². The fourth-order valence-corrected chi connectivity index (χ4v) is 2.77. The van der Waals surface area contributed by atoms with Crippen LogP contribution in [0.2, 0.25) is 0 Å². The van der Waals surface area contributed by atoms with E-state index in [-0.39, 0.29) is 12.4 Å². The molecule has 0 heterocycles. The zero-order valence-corrected chi connectivity index (χ0v) is 18.3. The molecule has 0 aliphatic heterocycles. The van der Waals surface area contributed by atoms with Gasteiger partial charge in [0.25, 0.3) is 5.91 Å². The molecule has 9 nitrogen and oxygen atoms in total. The van der Waals surface area contributed by atoms with Crippen molar-refractivity contribution in [2.24, 2.45) is 5.10 Å². The third-order valence-electron chi connectivity index (χ3n) is 4.29. The molecular formula is C23H24N4O5. The Balaban J connectivity index is 2.14. The first-order valence-corrected chi connectivity index (χ1v) is 9.93. The van der Waals surface area contributed by atoms with Gasteiger partial charge in [0.2, 0.25) is 5.71 Å². The van der Waals surface area contributed by atoms with E-state index >= 15 is 0 Å². The van der Waals surface area contributed by atoms with Crippen molar-refractivity contribution in [1.82, 2.24) is 5.32 Å². The van der Waals surface area contributed by atoms with Gasteiger partial charge in [-0.15, -0.1) is 0 Å². The van der Waals surface area contributed by atoms with Crippen LogP contribution >= 0.6 is 0 Å². The first kappa shape index (κ1) is 24.1. The minimum Gasteiger partial charge on any atom is -0.457 e. The molecule has 0 aliphatic carbocycles. The molecule has 0 spiro atoms. The minimum absolute atomic E-state index is 0.0626. The number of nitrogens with zero attached hydrogens (tertiary/aromatic N) is 2. The summed E-state index contributed by atoms with van der Waals surface area (Å²) in [5.74, 6) is 0.309. The topological polar surface area (TPSA) is 130 Å². The van der Waals surface area contributed by atoms with Crippen molar-refractivity contribution in [2.45, 2.75) is 34.1 Å². The molecule has 2 rings (SSSR count). The first-order chi connectivity index (χ1) is 15.3. The smallest absolute Gasteiger partial charge is 0.414 e. The van der Waals surface area contributed by atoms with Crippen LogP contribution in [-0.2, 0) is 9.53 Å². The lowest BCUT2D eigenvalue weighted by Crippen LogP contribution is -2.36. The summed E-state index contributed by atoms with van der Waals surface area (Å²) < 4.78 is 10.6. The number of aryl methyl sites for hydroxylation is 2. The van der Waals surface area contributed by atoms with Gasteiger partial charge in [0.1, 0.15) is 17.6 Å². The number of hydrazone groups is 1. The van der Waals surface area contributed by atoms with Crippen molar-refractivity contribution < 1.29 is 23.9 Å². The Bertz CT molecular complexity index is 1060. The van der Waals surface area contributed by atoms with E-state index in [1.165, 1.54) is 0 Å². The molecule has 0 saturated carbocycles. The predicted molar refractivity (Wildman–Crippen MR) is 119 cm³/mol. The number of hydrogen-bond acceptors (Lipinski definition) is 8. The van der Waals surface area contributed by atoms with Gasteiger partial charge in [0.15, 0.2) is 5.78 Å². The quantitative estimate of drug-likeness (QED) is 0.359. The maximum absolute atomic E-state index is 11.9. The molecular weight excluding hydrogens is 412 g/mol. The molecule has 0 bridgehead atoms. The van der Waals surface area contributed by atoms with Crippen molar-refractivity contribution in [3.8, 4) is 17.6 Å². The normalized spacial score (nSPS) is 10.7. The number of hydrogen-bond donors (Lipinski definition) is 2. The Morgan fingerprint density at radius 3 is 2.22 bits per heavy atom. The average Bonchev–Trinajstić information content (AvgIpc) is 2.76. The van der Waals surface area contributed by atoms with Gasteiger partial charge >= 0.3 is 6.09 Å². The van der Waals surface area contributed by atoms with Crippen molar-refractivity contribution in [2.75, 3.05) is 12.0 Å². The summed E-state index contributed by atoms with van der Waals surface area (Å²) in [6, 6.07) is 12.0. The summed E-state index contributed by atoms with van der Waals surface area (Å²) in [5, 5.41) is 14.8. The Morgan fingerprint density at radius 2 is 1.69 bits per heavy atom. The summed E-state index contributed by atoms with van der Waals surface area (Å²) in [5.41, 5.74) is 4.83. The molecule has 0 aromatic heterocycles. The van der Waals surface area contributed by atoms with Gasteiger partial charge in [-0.3, -0.25) is 20.3 Å². The molecule has 32 heavy (non-hydrogen) atoms. The second kappa shape index (κ2) is 11.3. The molecule has 0 atom stereocenters. The molecule has 9 heteroatoms.